The molecule has 0 saturated carbocycles. The summed E-state index contributed by atoms with van der Waals surface area (Å²) < 4.78 is 5.28. The Balaban J connectivity index is 2.59. The van der Waals surface area contributed by atoms with E-state index in [4.69, 9.17) is 16.3 Å². The van der Waals surface area contributed by atoms with E-state index in [-0.39, 0.29) is 12.0 Å². The van der Waals surface area contributed by atoms with E-state index < -0.39 is 0 Å². The Morgan fingerprint density at radius 3 is 2.59 bits per heavy atom. The lowest BCUT2D eigenvalue weighted by molar-refractivity contribution is 0.0605. The van der Waals surface area contributed by atoms with E-state index in [2.05, 4.69) is 19.2 Å². The predicted octanol–water partition coefficient (Wildman–Crippen LogP) is 2.74. The second kappa shape index (κ2) is 6.62. The van der Waals surface area contributed by atoms with Gasteiger partial charge in [-0.15, -0.1) is 0 Å². The molecule has 1 atom stereocenters. The first-order valence-corrected chi connectivity index (χ1v) is 5.99. The van der Waals surface area contributed by atoms with Crippen LogP contribution in [0.4, 0.5) is 0 Å². The summed E-state index contributed by atoms with van der Waals surface area (Å²) in [6, 6.07) is 6.99. The molecule has 0 aliphatic heterocycles. The maximum Gasteiger partial charge on any atom is 0.252 e. The molecule has 0 aromatic heterocycles. The van der Waals surface area contributed by atoms with Crippen molar-refractivity contribution in [3.05, 3.63) is 34.9 Å². The molecule has 0 fully saturated rings. The highest BCUT2D eigenvalue weighted by Gasteiger charge is 2.15. The summed E-state index contributed by atoms with van der Waals surface area (Å²) in [5.41, 5.74) is 0.493. The van der Waals surface area contributed by atoms with E-state index in [1.165, 1.54) is 0 Å². The molecule has 17 heavy (non-hydrogen) atoms. The number of hydrogen-bond acceptors (Lipinski definition) is 2. The molecule has 0 saturated heterocycles. The Kier molecular flexibility index (Phi) is 5.45. The lowest BCUT2D eigenvalue weighted by Gasteiger charge is -2.19. The van der Waals surface area contributed by atoms with Gasteiger partial charge in [-0.05, 0) is 18.1 Å². The van der Waals surface area contributed by atoms with Crippen LogP contribution < -0.4 is 5.32 Å². The minimum atomic E-state index is -0.168. The molecular formula is C13H18ClNO2. The van der Waals surface area contributed by atoms with Gasteiger partial charge >= 0.3 is 0 Å². The van der Waals surface area contributed by atoms with Gasteiger partial charge in [0.2, 0.25) is 0 Å². The summed E-state index contributed by atoms with van der Waals surface area (Å²) in [5, 5.41) is 3.29. The predicted molar refractivity (Wildman–Crippen MR) is 69.4 cm³/mol. The van der Waals surface area contributed by atoms with Crippen LogP contribution in [-0.4, -0.2) is 25.7 Å². The molecule has 1 N–H and O–H groups in total. The fourth-order valence-electron chi connectivity index (χ4n) is 1.53. The molecule has 0 heterocycles. The highest BCUT2D eigenvalue weighted by molar-refractivity contribution is 6.33. The monoisotopic (exact) mass is 255 g/mol. The van der Waals surface area contributed by atoms with Crippen LogP contribution >= 0.6 is 11.6 Å². The quantitative estimate of drug-likeness (QED) is 0.879. The van der Waals surface area contributed by atoms with Gasteiger partial charge in [0.25, 0.3) is 5.91 Å². The van der Waals surface area contributed by atoms with Crippen LogP contribution in [0.2, 0.25) is 5.02 Å². The topological polar surface area (TPSA) is 38.3 Å². The highest BCUT2D eigenvalue weighted by atomic mass is 35.5. The normalized spacial score (nSPS) is 12.5. The number of amides is 1. The van der Waals surface area contributed by atoms with Crippen LogP contribution in [0.5, 0.6) is 0 Å². The highest BCUT2D eigenvalue weighted by Crippen LogP contribution is 2.14. The summed E-state index contributed by atoms with van der Waals surface area (Å²) in [6.07, 6.45) is 0.0152. The van der Waals surface area contributed by atoms with Gasteiger partial charge in [-0.2, -0.15) is 0 Å². The van der Waals surface area contributed by atoms with Crippen molar-refractivity contribution in [1.82, 2.24) is 5.32 Å². The third-order valence-corrected chi connectivity index (χ3v) is 2.96. The Morgan fingerprint density at radius 1 is 1.41 bits per heavy atom. The van der Waals surface area contributed by atoms with Crippen molar-refractivity contribution in [2.24, 2.45) is 5.92 Å². The van der Waals surface area contributed by atoms with Gasteiger partial charge in [0.15, 0.2) is 0 Å². The lowest BCUT2D eigenvalue weighted by atomic mass is 10.1. The lowest BCUT2D eigenvalue weighted by Crippen LogP contribution is -2.36. The molecule has 4 heteroatoms. The number of carbonyl (C=O) groups excluding carboxylic acids is 1. The van der Waals surface area contributed by atoms with Gasteiger partial charge in [0.05, 0.1) is 16.7 Å². The van der Waals surface area contributed by atoms with Crippen LogP contribution in [0.15, 0.2) is 24.3 Å². The van der Waals surface area contributed by atoms with Crippen molar-refractivity contribution >= 4 is 17.5 Å². The average molecular weight is 256 g/mol. The number of methoxy groups -OCH3 is 1. The van der Waals surface area contributed by atoms with Crippen molar-refractivity contribution in [3.63, 3.8) is 0 Å². The van der Waals surface area contributed by atoms with Gasteiger partial charge in [-0.3, -0.25) is 4.79 Å². The molecule has 1 aromatic carbocycles. The van der Waals surface area contributed by atoms with Gasteiger partial charge in [-0.1, -0.05) is 37.6 Å². The average Bonchev–Trinajstić information content (AvgIpc) is 2.29. The molecule has 0 radical (unpaired) electrons. The summed E-state index contributed by atoms with van der Waals surface area (Å²) in [6.45, 7) is 4.59. The molecule has 0 bridgehead atoms. The second-order valence-electron chi connectivity index (χ2n) is 4.21. The standard InChI is InChI=1S/C13H18ClNO2/c1-9(2)12(17-3)8-15-13(16)10-6-4-5-7-11(10)14/h4-7,9,12H,8H2,1-3H3,(H,15,16)/t12-/m1/s1. The number of nitrogens with one attached hydrogen (secondary N) is 1. The number of rotatable bonds is 5. The van der Waals surface area contributed by atoms with Crippen LogP contribution in [0.3, 0.4) is 0 Å². The van der Waals surface area contributed by atoms with Crippen LogP contribution in [0, 0.1) is 5.92 Å². The van der Waals surface area contributed by atoms with Crippen LogP contribution in [-0.2, 0) is 4.74 Å². The van der Waals surface area contributed by atoms with Crippen LogP contribution in [0.1, 0.15) is 24.2 Å². The van der Waals surface area contributed by atoms with Crippen molar-refractivity contribution in [3.8, 4) is 0 Å². The molecular weight excluding hydrogens is 238 g/mol. The first-order chi connectivity index (χ1) is 8.06. The first kappa shape index (κ1) is 14.0. The maximum atomic E-state index is 11.9. The number of ether oxygens (including phenoxy) is 1. The van der Waals surface area contributed by atoms with E-state index in [0.29, 0.717) is 23.0 Å². The Bertz CT molecular complexity index is 379. The van der Waals surface area contributed by atoms with E-state index in [1.807, 2.05) is 0 Å². The molecule has 0 unspecified atom stereocenters. The molecule has 0 aliphatic carbocycles. The van der Waals surface area contributed by atoms with Gasteiger partial charge in [0, 0.05) is 13.7 Å². The van der Waals surface area contributed by atoms with Crippen LogP contribution in [0.25, 0.3) is 0 Å². The Morgan fingerprint density at radius 2 is 2.06 bits per heavy atom. The minimum Gasteiger partial charge on any atom is -0.379 e. The molecule has 1 aromatic rings. The summed E-state index contributed by atoms with van der Waals surface area (Å²) in [4.78, 5) is 11.9. The SMILES string of the molecule is CO[C@H](CNC(=O)c1ccccc1Cl)C(C)C. The van der Waals surface area contributed by atoms with E-state index in [0.717, 1.165) is 0 Å². The Hall–Kier alpha value is -1.06. The van der Waals surface area contributed by atoms with E-state index in [9.17, 15) is 4.79 Å². The van der Waals surface area contributed by atoms with Gasteiger partial charge < -0.3 is 10.1 Å². The van der Waals surface area contributed by atoms with E-state index >= 15 is 0 Å². The number of carbonyl (C=O) groups is 1. The van der Waals surface area contributed by atoms with Gasteiger partial charge in [-0.25, -0.2) is 0 Å². The summed E-state index contributed by atoms with van der Waals surface area (Å²) >= 11 is 5.94. The second-order valence-corrected chi connectivity index (χ2v) is 4.62. The molecule has 1 amide bonds. The molecule has 0 spiro atoms. The minimum absolute atomic E-state index is 0.0152. The van der Waals surface area contributed by atoms with Gasteiger partial charge in [0.1, 0.15) is 0 Å². The largest absolute Gasteiger partial charge is 0.379 e. The number of hydrogen-bond donors (Lipinski definition) is 1. The maximum absolute atomic E-state index is 11.9. The number of benzene rings is 1. The zero-order valence-electron chi connectivity index (χ0n) is 10.4. The van der Waals surface area contributed by atoms with Crippen molar-refractivity contribution in [1.29, 1.82) is 0 Å². The molecule has 94 valence electrons. The molecule has 3 nitrogen and oxygen atoms in total. The van der Waals surface area contributed by atoms with Crippen molar-refractivity contribution in [2.75, 3.05) is 13.7 Å². The van der Waals surface area contributed by atoms with Crippen molar-refractivity contribution < 1.29 is 9.53 Å². The smallest absolute Gasteiger partial charge is 0.252 e. The third-order valence-electron chi connectivity index (χ3n) is 2.63. The Labute approximate surface area is 107 Å². The summed E-state index contributed by atoms with van der Waals surface area (Å²) in [7, 11) is 1.65. The number of halogens is 1. The first-order valence-electron chi connectivity index (χ1n) is 5.61. The fourth-order valence-corrected chi connectivity index (χ4v) is 1.75. The third kappa shape index (κ3) is 4.02. The zero-order valence-corrected chi connectivity index (χ0v) is 11.1. The van der Waals surface area contributed by atoms with E-state index in [1.54, 1.807) is 31.4 Å². The fraction of sp³-hybridized carbons (Fsp3) is 0.462. The molecule has 0 aliphatic rings. The van der Waals surface area contributed by atoms with Crippen molar-refractivity contribution in [2.45, 2.75) is 20.0 Å². The zero-order chi connectivity index (χ0) is 12.8. The molecule has 1 rings (SSSR count). The summed E-state index contributed by atoms with van der Waals surface area (Å²) in [5.74, 6) is 0.185.